The van der Waals surface area contributed by atoms with Crippen molar-refractivity contribution in [1.29, 1.82) is 0 Å². The summed E-state index contributed by atoms with van der Waals surface area (Å²) in [6.45, 7) is -0.434. The average Bonchev–Trinajstić information content (AvgIpc) is 2.93. The van der Waals surface area contributed by atoms with Gasteiger partial charge in [-0.15, -0.1) is 0 Å². The minimum absolute atomic E-state index is 0.0965. The van der Waals surface area contributed by atoms with Crippen LogP contribution in [0.2, 0.25) is 5.02 Å². The van der Waals surface area contributed by atoms with Gasteiger partial charge < -0.3 is 15.5 Å². The summed E-state index contributed by atoms with van der Waals surface area (Å²) in [5, 5.41) is 21.6. The van der Waals surface area contributed by atoms with Crippen LogP contribution in [-0.2, 0) is 9.84 Å². The van der Waals surface area contributed by atoms with E-state index in [2.05, 4.69) is 5.32 Å². The fraction of sp³-hybridized carbons (Fsp3) is 0.409. The first-order valence-electron chi connectivity index (χ1n) is 10.3. The Balaban J connectivity index is 1.60. The van der Waals surface area contributed by atoms with E-state index in [1.807, 2.05) is 0 Å². The molecule has 2 aromatic carbocycles. The third-order valence-electron chi connectivity index (χ3n) is 6.81. The molecule has 33 heavy (non-hydrogen) atoms. The molecule has 0 spiro atoms. The van der Waals surface area contributed by atoms with Gasteiger partial charge in [-0.1, -0.05) is 11.6 Å². The van der Waals surface area contributed by atoms with Gasteiger partial charge in [0.05, 0.1) is 27.4 Å². The number of amides is 1. The van der Waals surface area contributed by atoms with Crippen LogP contribution in [0.1, 0.15) is 36.0 Å². The van der Waals surface area contributed by atoms with Crippen molar-refractivity contribution in [3.05, 3.63) is 58.4 Å². The van der Waals surface area contributed by atoms with E-state index in [0.717, 1.165) is 6.07 Å². The highest BCUT2D eigenvalue weighted by Crippen LogP contribution is 2.51. The summed E-state index contributed by atoms with van der Waals surface area (Å²) < 4.78 is 66.8. The lowest BCUT2D eigenvalue weighted by Gasteiger charge is -2.41. The fourth-order valence-electron chi connectivity index (χ4n) is 5.00. The Hall–Kier alpha value is -2.14. The van der Waals surface area contributed by atoms with E-state index in [0.29, 0.717) is 25.0 Å². The Morgan fingerprint density at radius 3 is 2.21 bits per heavy atom. The van der Waals surface area contributed by atoms with Crippen LogP contribution in [0.4, 0.5) is 18.9 Å². The van der Waals surface area contributed by atoms with Gasteiger partial charge in [-0.3, -0.25) is 4.79 Å². The Bertz CT molecular complexity index is 1190. The Morgan fingerprint density at radius 1 is 1.09 bits per heavy atom. The van der Waals surface area contributed by atoms with E-state index in [1.54, 1.807) is 0 Å². The van der Waals surface area contributed by atoms with Gasteiger partial charge in [0.1, 0.15) is 0 Å². The van der Waals surface area contributed by atoms with Crippen LogP contribution >= 0.6 is 11.6 Å². The molecular weight excluding hydrogens is 483 g/mol. The highest BCUT2D eigenvalue weighted by atomic mass is 35.5. The summed E-state index contributed by atoms with van der Waals surface area (Å²) in [5.41, 5.74) is -1.77. The molecule has 2 saturated carbocycles. The maximum absolute atomic E-state index is 13.4. The van der Waals surface area contributed by atoms with Crippen LogP contribution < -0.4 is 5.32 Å². The third kappa shape index (κ3) is 4.14. The molecule has 0 saturated heterocycles. The number of hydrogen-bond acceptors (Lipinski definition) is 5. The molecule has 2 fully saturated rings. The molecule has 0 aliphatic heterocycles. The number of fused-ring (bicyclic) bond motifs is 2. The van der Waals surface area contributed by atoms with Crippen molar-refractivity contribution in [2.45, 2.75) is 41.4 Å². The minimum atomic E-state index is -4.00. The first kappa shape index (κ1) is 24.0. The standard InChI is InChI=1S/C22H21ClF3NO5S/c23-16-4-1-11(21(29)27-14-8-17(24)20(26)18(25)9-14)5-19(16)33(31,32)15-6-12-2-3-13(7-15)22(12,30)10-28/h1,4-5,8-9,12-13,15,28,30H,2-3,6-7,10H2,(H,27,29). The largest absolute Gasteiger partial charge is 0.393 e. The molecule has 1 amide bonds. The number of hydrogen-bond donors (Lipinski definition) is 3. The number of aliphatic hydroxyl groups excluding tert-OH is 1. The fourth-order valence-corrected chi connectivity index (χ4v) is 7.40. The van der Waals surface area contributed by atoms with Crippen molar-refractivity contribution in [2.24, 2.45) is 11.8 Å². The van der Waals surface area contributed by atoms with Crippen molar-refractivity contribution >= 4 is 33.0 Å². The van der Waals surface area contributed by atoms with Crippen LogP contribution in [0.5, 0.6) is 0 Å². The van der Waals surface area contributed by atoms with Gasteiger partial charge in [0.15, 0.2) is 27.3 Å². The minimum Gasteiger partial charge on any atom is -0.393 e. The maximum atomic E-state index is 13.4. The van der Waals surface area contributed by atoms with Crippen molar-refractivity contribution in [2.75, 3.05) is 11.9 Å². The number of anilines is 1. The lowest BCUT2D eigenvalue weighted by molar-refractivity contribution is -0.0943. The van der Waals surface area contributed by atoms with Gasteiger partial charge in [0.25, 0.3) is 5.91 Å². The second-order valence-corrected chi connectivity index (χ2v) is 11.2. The first-order valence-corrected chi connectivity index (χ1v) is 12.2. The van der Waals surface area contributed by atoms with Crippen LogP contribution in [0.25, 0.3) is 0 Å². The number of halogens is 4. The number of benzene rings is 2. The summed E-state index contributed by atoms with van der Waals surface area (Å²) >= 11 is 6.15. The van der Waals surface area contributed by atoms with Crippen LogP contribution in [0, 0.1) is 29.3 Å². The van der Waals surface area contributed by atoms with E-state index in [4.69, 9.17) is 11.6 Å². The van der Waals surface area contributed by atoms with Gasteiger partial charge >= 0.3 is 0 Å². The van der Waals surface area contributed by atoms with Gasteiger partial charge in [-0.25, -0.2) is 21.6 Å². The molecule has 3 N–H and O–H groups in total. The van der Waals surface area contributed by atoms with Crippen LogP contribution in [-0.4, -0.2) is 42.0 Å². The smallest absolute Gasteiger partial charge is 0.255 e. The monoisotopic (exact) mass is 503 g/mol. The second-order valence-electron chi connectivity index (χ2n) is 8.61. The zero-order chi connectivity index (χ0) is 24.1. The number of carbonyl (C=O) groups excluding carboxylic acids is 1. The molecular formula is C22H21ClF3NO5S. The number of carbonyl (C=O) groups is 1. The molecule has 0 radical (unpaired) electrons. The van der Waals surface area contributed by atoms with Gasteiger partial charge in [0.2, 0.25) is 0 Å². The molecule has 2 aromatic rings. The molecule has 2 aliphatic carbocycles. The summed E-state index contributed by atoms with van der Waals surface area (Å²) in [6.07, 6.45) is 1.51. The van der Waals surface area contributed by atoms with Gasteiger partial charge in [-0.05, 0) is 55.7 Å². The number of nitrogens with one attached hydrogen (secondary N) is 1. The predicted octanol–water partition coefficient (Wildman–Crippen LogP) is 3.70. The van der Waals surface area contributed by atoms with E-state index in [-0.39, 0.29) is 45.8 Å². The predicted molar refractivity (Wildman–Crippen MR) is 114 cm³/mol. The summed E-state index contributed by atoms with van der Waals surface area (Å²) in [7, 11) is -4.00. The van der Waals surface area contributed by atoms with Crippen LogP contribution in [0.15, 0.2) is 35.2 Å². The molecule has 178 valence electrons. The molecule has 11 heteroatoms. The number of rotatable bonds is 5. The maximum Gasteiger partial charge on any atom is 0.255 e. The Morgan fingerprint density at radius 2 is 1.67 bits per heavy atom. The van der Waals surface area contributed by atoms with Crippen molar-refractivity contribution < 1.29 is 36.6 Å². The number of sulfone groups is 1. The lowest BCUT2D eigenvalue weighted by Crippen LogP contribution is -2.50. The topological polar surface area (TPSA) is 104 Å². The van der Waals surface area contributed by atoms with E-state index in [9.17, 15) is 36.6 Å². The summed E-state index contributed by atoms with van der Waals surface area (Å²) in [4.78, 5) is 12.3. The molecule has 6 nitrogen and oxygen atoms in total. The molecule has 2 bridgehead atoms. The normalized spacial score (nSPS) is 26.9. The summed E-state index contributed by atoms with van der Waals surface area (Å²) in [6, 6.07) is 4.77. The zero-order valence-electron chi connectivity index (χ0n) is 17.2. The van der Waals surface area contributed by atoms with E-state index in [1.165, 1.54) is 12.1 Å². The first-order chi connectivity index (χ1) is 15.5. The number of aliphatic hydroxyl groups is 2. The van der Waals surface area contributed by atoms with Crippen molar-refractivity contribution in [3.63, 3.8) is 0 Å². The quantitative estimate of drug-likeness (QED) is 0.540. The molecule has 4 rings (SSSR count). The van der Waals surface area contributed by atoms with E-state index >= 15 is 0 Å². The highest BCUT2D eigenvalue weighted by molar-refractivity contribution is 7.92. The Labute approximate surface area is 193 Å². The summed E-state index contributed by atoms with van der Waals surface area (Å²) in [5.74, 6) is -6.25. The molecule has 0 aromatic heterocycles. The third-order valence-corrected chi connectivity index (χ3v) is 9.46. The molecule has 2 atom stereocenters. The van der Waals surface area contributed by atoms with Gasteiger partial charge in [-0.2, -0.15) is 0 Å². The molecule has 2 unspecified atom stereocenters. The zero-order valence-corrected chi connectivity index (χ0v) is 18.8. The second kappa shape index (κ2) is 8.57. The van der Waals surface area contributed by atoms with Crippen molar-refractivity contribution in [3.8, 4) is 0 Å². The highest BCUT2D eigenvalue weighted by Gasteiger charge is 2.55. The van der Waals surface area contributed by atoms with Crippen LogP contribution in [0.3, 0.4) is 0 Å². The SMILES string of the molecule is O=C(Nc1cc(F)c(F)c(F)c1)c1ccc(Cl)c(S(=O)(=O)C2CC3CCC(C2)C3(O)CO)c1. The van der Waals surface area contributed by atoms with E-state index < -0.39 is 50.7 Å². The lowest BCUT2D eigenvalue weighted by atomic mass is 9.75. The molecule has 2 aliphatic rings. The Kier molecular flexibility index (Phi) is 6.24. The van der Waals surface area contributed by atoms with Gasteiger partial charge in [0, 0.05) is 23.4 Å². The molecule has 0 heterocycles. The average molecular weight is 504 g/mol. The van der Waals surface area contributed by atoms with Crippen molar-refractivity contribution in [1.82, 2.24) is 0 Å².